The third-order valence-electron chi connectivity index (χ3n) is 3.79. The third kappa shape index (κ3) is 2.55. The number of ether oxygens (including phenoxy) is 1. The molecule has 0 aromatic carbocycles. The van der Waals surface area contributed by atoms with Crippen LogP contribution in [0.2, 0.25) is 0 Å². The summed E-state index contributed by atoms with van der Waals surface area (Å²) in [5.74, 6) is 0.187. The largest absolute Gasteiger partial charge is 0.368 e. The lowest BCUT2D eigenvalue weighted by Crippen LogP contribution is -2.47. The van der Waals surface area contributed by atoms with Gasteiger partial charge in [0, 0.05) is 19.7 Å². The molecule has 0 aromatic rings. The normalized spacial score (nSPS) is 28.2. The maximum atomic E-state index is 12.1. The van der Waals surface area contributed by atoms with E-state index in [-0.39, 0.29) is 12.0 Å². The molecule has 0 aliphatic carbocycles. The van der Waals surface area contributed by atoms with Gasteiger partial charge in [0.05, 0.1) is 0 Å². The summed E-state index contributed by atoms with van der Waals surface area (Å²) >= 11 is 0. The van der Waals surface area contributed by atoms with Crippen molar-refractivity contribution in [3.05, 3.63) is 0 Å². The van der Waals surface area contributed by atoms with Gasteiger partial charge in [0.15, 0.2) is 0 Å². The molecular weight excluding hydrogens is 204 g/mol. The van der Waals surface area contributed by atoms with Crippen LogP contribution in [-0.2, 0) is 9.53 Å². The molecule has 2 rings (SSSR count). The molecule has 16 heavy (non-hydrogen) atoms. The maximum Gasteiger partial charge on any atom is 0.251 e. The Kier molecular flexibility index (Phi) is 3.82. The van der Waals surface area contributed by atoms with Crippen molar-refractivity contribution >= 4 is 5.91 Å². The fourth-order valence-corrected chi connectivity index (χ4v) is 2.56. The quantitative estimate of drug-likeness (QED) is 0.695. The predicted molar refractivity (Wildman–Crippen MR) is 62.3 cm³/mol. The number of hydrogen-bond acceptors (Lipinski definition) is 3. The standard InChI is InChI=1S/C12H22N2O2/c1-13-7-5-10(6-8-13)14(2)12(15)11-4-3-9-16-11/h10-11H,3-9H2,1-2H3. The van der Waals surface area contributed by atoms with Gasteiger partial charge in [0.25, 0.3) is 5.91 Å². The van der Waals surface area contributed by atoms with E-state index in [1.165, 1.54) is 0 Å². The Hall–Kier alpha value is -0.610. The summed E-state index contributed by atoms with van der Waals surface area (Å²) in [6.45, 7) is 2.93. The molecule has 2 saturated heterocycles. The summed E-state index contributed by atoms with van der Waals surface area (Å²) in [5.41, 5.74) is 0. The lowest BCUT2D eigenvalue weighted by molar-refractivity contribution is -0.142. The fraction of sp³-hybridized carbons (Fsp3) is 0.917. The topological polar surface area (TPSA) is 32.8 Å². The van der Waals surface area contributed by atoms with E-state index in [2.05, 4.69) is 11.9 Å². The summed E-state index contributed by atoms with van der Waals surface area (Å²) in [7, 11) is 4.07. The molecule has 0 N–H and O–H groups in total. The van der Waals surface area contributed by atoms with Gasteiger partial charge in [-0.15, -0.1) is 0 Å². The van der Waals surface area contributed by atoms with Gasteiger partial charge in [0.1, 0.15) is 6.10 Å². The van der Waals surface area contributed by atoms with E-state index < -0.39 is 0 Å². The maximum absolute atomic E-state index is 12.1. The van der Waals surface area contributed by atoms with Gasteiger partial charge in [-0.3, -0.25) is 4.79 Å². The zero-order valence-corrected chi connectivity index (χ0v) is 10.3. The van der Waals surface area contributed by atoms with Gasteiger partial charge in [-0.2, -0.15) is 0 Å². The van der Waals surface area contributed by atoms with Crippen molar-refractivity contribution in [1.82, 2.24) is 9.80 Å². The third-order valence-corrected chi connectivity index (χ3v) is 3.79. The van der Waals surface area contributed by atoms with Gasteiger partial charge < -0.3 is 14.5 Å². The van der Waals surface area contributed by atoms with Crippen molar-refractivity contribution in [2.75, 3.05) is 33.8 Å². The molecule has 4 nitrogen and oxygen atoms in total. The second kappa shape index (κ2) is 5.15. The number of hydrogen-bond donors (Lipinski definition) is 0. The highest BCUT2D eigenvalue weighted by Gasteiger charge is 2.31. The molecule has 2 aliphatic rings. The summed E-state index contributed by atoms with van der Waals surface area (Å²) in [5, 5.41) is 0. The van der Waals surface area contributed by atoms with E-state index in [1.54, 1.807) is 0 Å². The van der Waals surface area contributed by atoms with Gasteiger partial charge in [-0.25, -0.2) is 0 Å². The summed E-state index contributed by atoms with van der Waals surface area (Å²) in [4.78, 5) is 16.4. The lowest BCUT2D eigenvalue weighted by atomic mass is 10.0. The molecule has 0 radical (unpaired) electrons. The second-order valence-corrected chi connectivity index (χ2v) is 4.99. The van der Waals surface area contributed by atoms with Crippen LogP contribution < -0.4 is 0 Å². The van der Waals surface area contributed by atoms with Gasteiger partial charge in [-0.05, 0) is 45.8 Å². The van der Waals surface area contributed by atoms with Crippen LogP contribution in [0, 0.1) is 0 Å². The molecule has 1 unspecified atom stereocenters. The fourth-order valence-electron chi connectivity index (χ4n) is 2.56. The number of likely N-dealkylation sites (N-methyl/N-ethyl adjacent to an activating group) is 1. The summed E-state index contributed by atoms with van der Waals surface area (Å²) in [6.07, 6.45) is 3.94. The van der Waals surface area contributed by atoms with Crippen LogP contribution in [0.15, 0.2) is 0 Å². The van der Waals surface area contributed by atoms with Crippen molar-refractivity contribution < 1.29 is 9.53 Å². The molecule has 2 heterocycles. The van der Waals surface area contributed by atoms with Crippen LogP contribution in [0.3, 0.4) is 0 Å². The first kappa shape index (κ1) is 11.9. The Balaban J connectivity index is 1.86. The highest BCUT2D eigenvalue weighted by molar-refractivity contribution is 5.81. The molecule has 0 aromatic heterocycles. The Morgan fingerprint density at radius 1 is 1.31 bits per heavy atom. The number of amides is 1. The zero-order chi connectivity index (χ0) is 11.5. The summed E-state index contributed by atoms with van der Waals surface area (Å²) < 4.78 is 5.45. The molecule has 0 spiro atoms. The smallest absolute Gasteiger partial charge is 0.251 e. The Morgan fingerprint density at radius 3 is 2.56 bits per heavy atom. The van der Waals surface area contributed by atoms with E-state index >= 15 is 0 Å². The van der Waals surface area contributed by atoms with E-state index in [0.29, 0.717) is 6.04 Å². The summed E-state index contributed by atoms with van der Waals surface area (Å²) in [6, 6.07) is 0.410. The van der Waals surface area contributed by atoms with E-state index in [9.17, 15) is 4.79 Å². The lowest BCUT2D eigenvalue weighted by Gasteiger charge is -2.36. The first-order chi connectivity index (χ1) is 7.68. The van der Waals surface area contributed by atoms with Crippen molar-refractivity contribution in [1.29, 1.82) is 0 Å². The van der Waals surface area contributed by atoms with Crippen molar-refractivity contribution in [2.45, 2.75) is 37.8 Å². The monoisotopic (exact) mass is 226 g/mol. The molecule has 0 saturated carbocycles. The van der Waals surface area contributed by atoms with Crippen molar-refractivity contribution in [2.24, 2.45) is 0 Å². The number of likely N-dealkylation sites (tertiary alicyclic amines) is 1. The van der Waals surface area contributed by atoms with Crippen molar-refractivity contribution in [3.8, 4) is 0 Å². The Morgan fingerprint density at radius 2 is 2.00 bits per heavy atom. The predicted octanol–water partition coefficient (Wildman–Crippen LogP) is 0.718. The van der Waals surface area contributed by atoms with Crippen molar-refractivity contribution in [3.63, 3.8) is 0 Å². The van der Waals surface area contributed by atoms with Gasteiger partial charge in [0.2, 0.25) is 0 Å². The van der Waals surface area contributed by atoms with E-state index in [4.69, 9.17) is 4.74 Å². The number of carbonyl (C=O) groups excluding carboxylic acids is 1. The Bertz CT molecular complexity index is 243. The van der Waals surface area contributed by atoms with E-state index in [0.717, 1.165) is 45.4 Å². The van der Waals surface area contributed by atoms with Crippen LogP contribution in [0.5, 0.6) is 0 Å². The Labute approximate surface area is 97.5 Å². The number of rotatable bonds is 2. The minimum atomic E-state index is -0.162. The minimum Gasteiger partial charge on any atom is -0.368 e. The molecule has 92 valence electrons. The highest BCUT2D eigenvalue weighted by atomic mass is 16.5. The van der Waals surface area contributed by atoms with Crippen LogP contribution in [0.4, 0.5) is 0 Å². The van der Waals surface area contributed by atoms with Gasteiger partial charge in [-0.1, -0.05) is 0 Å². The molecule has 1 amide bonds. The molecule has 1 atom stereocenters. The van der Waals surface area contributed by atoms with Crippen LogP contribution >= 0.6 is 0 Å². The first-order valence-corrected chi connectivity index (χ1v) is 6.25. The van der Waals surface area contributed by atoms with Crippen LogP contribution in [-0.4, -0.2) is 61.6 Å². The van der Waals surface area contributed by atoms with E-state index in [1.807, 2.05) is 11.9 Å². The van der Waals surface area contributed by atoms with Gasteiger partial charge >= 0.3 is 0 Å². The first-order valence-electron chi connectivity index (χ1n) is 6.25. The average Bonchev–Trinajstić information content (AvgIpc) is 2.81. The highest BCUT2D eigenvalue weighted by Crippen LogP contribution is 2.19. The minimum absolute atomic E-state index is 0.162. The SMILES string of the molecule is CN1CCC(N(C)C(=O)C2CCCO2)CC1. The number of nitrogens with zero attached hydrogens (tertiary/aromatic N) is 2. The number of carbonyl (C=O) groups is 1. The second-order valence-electron chi connectivity index (χ2n) is 4.99. The molecule has 2 aliphatic heterocycles. The molecule has 4 heteroatoms. The molecule has 0 bridgehead atoms. The van der Waals surface area contributed by atoms with Crippen LogP contribution in [0.25, 0.3) is 0 Å². The van der Waals surface area contributed by atoms with Crippen LogP contribution in [0.1, 0.15) is 25.7 Å². The molecule has 2 fully saturated rings. The average molecular weight is 226 g/mol. The number of piperidine rings is 1. The zero-order valence-electron chi connectivity index (χ0n) is 10.3. The molecular formula is C12H22N2O2.